The van der Waals surface area contributed by atoms with Gasteiger partial charge in [-0.25, -0.2) is 9.95 Å². The normalized spacial score (nSPS) is 11.7. The summed E-state index contributed by atoms with van der Waals surface area (Å²) in [5.74, 6) is 0. The van der Waals surface area contributed by atoms with Crippen LogP contribution < -0.4 is 5.63 Å². The van der Waals surface area contributed by atoms with E-state index in [9.17, 15) is 18.0 Å². The molecule has 0 bridgehead atoms. The van der Waals surface area contributed by atoms with E-state index in [-0.39, 0.29) is 0 Å². The van der Waals surface area contributed by atoms with Gasteiger partial charge in [0.25, 0.3) is 0 Å². The van der Waals surface area contributed by atoms with Gasteiger partial charge in [0.15, 0.2) is 0 Å². The summed E-state index contributed by atoms with van der Waals surface area (Å²) in [6.07, 6.45) is -4.36. The van der Waals surface area contributed by atoms with Crippen LogP contribution in [0.25, 0.3) is 11.3 Å². The predicted molar refractivity (Wildman–Crippen MR) is 49.8 cm³/mol. The lowest BCUT2D eigenvalue weighted by Gasteiger charge is -2.06. The summed E-state index contributed by atoms with van der Waals surface area (Å²) in [4.78, 5) is 10.7. The van der Waals surface area contributed by atoms with Gasteiger partial charge in [0.05, 0.1) is 17.3 Å². The molecule has 0 amide bonds. The van der Waals surface area contributed by atoms with Crippen LogP contribution in [-0.4, -0.2) is 5.16 Å². The van der Waals surface area contributed by atoms with E-state index >= 15 is 0 Å². The minimum absolute atomic E-state index is 0.346. The summed E-state index contributed by atoms with van der Waals surface area (Å²) >= 11 is 0. The minimum Gasteiger partial charge on any atom is -0.339 e. The van der Waals surface area contributed by atoms with Crippen molar-refractivity contribution in [2.75, 3.05) is 0 Å². The smallest absolute Gasteiger partial charge is 0.339 e. The van der Waals surface area contributed by atoms with Crippen LogP contribution in [0, 0.1) is 0 Å². The Hall–Kier alpha value is -1.98. The average molecular weight is 229 g/mol. The van der Waals surface area contributed by atoms with E-state index in [1.165, 1.54) is 18.2 Å². The highest BCUT2D eigenvalue weighted by atomic mass is 19.4. The van der Waals surface area contributed by atoms with E-state index in [2.05, 4.69) is 9.68 Å². The van der Waals surface area contributed by atoms with Gasteiger partial charge >= 0.3 is 11.8 Å². The van der Waals surface area contributed by atoms with Crippen molar-refractivity contribution in [3.8, 4) is 11.3 Å². The maximum atomic E-state index is 12.2. The molecule has 2 aromatic rings. The van der Waals surface area contributed by atoms with Crippen LogP contribution in [0.5, 0.6) is 0 Å². The topological polar surface area (TPSA) is 46.0 Å². The lowest BCUT2D eigenvalue weighted by Crippen LogP contribution is -2.03. The molecule has 6 heteroatoms. The van der Waals surface area contributed by atoms with E-state index in [4.69, 9.17) is 0 Å². The molecule has 0 spiro atoms. The highest BCUT2D eigenvalue weighted by molar-refractivity contribution is 5.58. The van der Waals surface area contributed by atoms with Gasteiger partial charge in [-0.3, -0.25) is 0 Å². The number of rotatable bonds is 1. The summed E-state index contributed by atoms with van der Waals surface area (Å²) in [6, 6.07) is 5.59. The molecule has 84 valence electrons. The molecule has 1 N–H and O–H groups in total. The molecular formula is C10H6F3NO2. The summed E-state index contributed by atoms with van der Waals surface area (Å²) < 4.78 is 41.2. The molecule has 1 heterocycles. The van der Waals surface area contributed by atoms with E-state index in [0.717, 1.165) is 12.1 Å². The molecule has 0 aliphatic rings. The van der Waals surface area contributed by atoms with Gasteiger partial charge in [-0.2, -0.15) is 13.2 Å². The number of halogens is 3. The molecule has 0 aliphatic carbocycles. The van der Waals surface area contributed by atoms with Crippen molar-refractivity contribution in [1.29, 1.82) is 0 Å². The zero-order chi connectivity index (χ0) is 11.8. The van der Waals surface area contributed by atoms with Crippen LogP contribution in [0.2, 0.25) is 0 Å². The first-order valence-corrected chi connectivity index (χ1v) is 4.33. The van der Waals surface area contributed by atoms with Gasteiger partial charge in [0.2, 0.25) is 0 Å². The Morgan fingerprint density at radius 1 is 1.12 bits per heavy atom. The zero-order valence-electron chi connectivity index (χ0n) is 7.84. The Morgan fingerprint density at radius 3 is 2.19 bits per heavy atom. The number of hydrogen-bond donors (Lipinski definition) is 1. The number of hydrogen-bond acceptors (Lipinski definition) is 2. The Bertz CT molecular complexity index is 536. The molecule has 0 saturated carbocycles. The molecular weight excluding hydrogens is 223 g/mol. The quantitative estimate of drug-likeness (QED) is 0.817. The lowest BCUT2D eigenvalue weighted by molar-refractivity contribution is -0.137. The second-order valence-electron chi connectivity index (χ2n) is 3.16. The molecule has 0 fully saturated rings. The Kier molecular flexibility index (Phi) is 2.34. The number of aromatic amines is 1. The van der Waals surface area contributed by atoms with Gasteiger partial charge in [0.1, 0.15) is 0 Å². The van der Waals surface area contributed by atoms with Gasteiger partial charge in [0, 0.05) is 5.56 Å². The molecule has 0 aliphatic heterocycles. The number of aromatic nitrogens is 1. The van der Waals surface area contributed by atoms with Crippen LogP contribution in [-0.2, 0) is 6.18 Å². The number of alkyl halides is 3. The monoisotopic (exact) mass is 229 g/mol. The van der Waals surface area contributed by atoms with Gasteiger partial charge in [-0.1, -0.05) is 12.1 Å². The van der Waals surface area contributed by atoms with E-state index in [1.54, 1.807) is 0 Å². The molecule has 3 nitrogen and oxygen atoms in total. The first-order valence-electron chi connectivity index (χ1n) is 4.33. The molecule has 1 aromatic carbocycles. The number of benzene rings is 1. The lowest BCUT2D eigenvalue weighted by atomic mass is 10.1. The molecule has 0 saturated heterocycles. The zero-order valence-corrected chi connectivity index (χ0v) is 7.84. The third kappa shape index (κ3) is 2.00. The summed E-state index contributed by atoms with van der Waals surface area (Å²) in [7, 11) is 0. The van der Waals surface area contributed by atoms with Gasteiger partial charge in [-0.05, 0) is 12.1 Å². The van der Waals surface area contributed by atoms with Crippen molar-refractivity contribution >= 4 is 0 Å². The molecule has 0 atom stereocenters. The SMILES string of the molecule is O=c1cc(-c2ccc(C(F)(F)F)cc2)[nH]o1. The molecule has 0 unspecified atom stereocenters. The maximum Gasteiger partial charge on any atom is 0.416 e. The van der Waals surface area contributed by atoms with Crippen molar-refractivity contribution < 1.29 is 17.7 Å². The third-order valence-corrected chi connectivity index (χ3v) is 2.05. The molecule has 0 radical (unpaired) electrons. The highest BCUT2D eigenvalue weighted by Gasteiger charge is 2.29. The fourth-order valence-electron chi connectivity index (χ4n) is 1.26. The standard InChI is InChI=1S/C10H6F3NO2/c11-10(12,13)7-3-1-6(2-4-7)8-5-9(15)16-14-8/h1-5,14H. The predicted octanol–water partition coefficient (Wildman–Crippen LogP) is 2.65. The third-order valence-electron chi connectivity index (χ3n) is 2.05. The first kappa shape index (κ1) is 10.5. The summed E-state index contributed by atoms with van der Waals surface area (Å²) in [5.41, 5.74) is -0.505. The van der Waals surface area contributed by atoms with Crippen LogP contribution >= 0.6 is 0 Å². The summed E-state index contributed by atoms with van der Waals surface area (Å²) in [6.45, 7) is 0. The second kappa shape index (κ2) is 3.55. The highest BCUT2D eigenvalue weighted by Crippen LogP contribution is 2.30. The Morgan fingerprint density at radius 2 is 1.75 bits per heavy atom. The molecule has 2 rings (SSSR count). The minimum atomic E-state index is -4.36. The van der Waals surface area contributed by atoms with Crippen molar-refractivity contribution in [2.24, 2.45) is 0 Å². The first-order chi connectivity index (χ1) is 7.47. The molecule has 1 aromatic heterocycles. The van der Waals surface area contributed by atoms with Crippen molar-refractivity contribution in [1.82, 2.24) is 5.16 Å². The Balaban J connectivity index is 2.36. The second-order valence-corrected chi connectivity index (χ2v) is 3.16. The average Bonchev–Trinajstić information content (AvgIpc) is 2.64. The van der Waals surface area contributed by atoms with Crippen LogP contribution in [0.15, 0.2) is 39.6 Å². The fraction of sp³-hybridized carbons (Fsp3) is 0.100. The van der Waals surface area contributed by atoms with E-state index < -0.39 is 17.4 Å². The largest absolute Gasteiger partial charge is 0.416 e. The van der Waals surface area contributed by atoms with Crippen molar-refractivity contribution in [2.45, 2.75) is 6.18 Å². The van der Waals surface area contributed by atoms with Gasteiger partial charge in [-0.15, -0.1) is 0 Å². The van der Waals surface area contributed by atoms with E-state index in [0.29, 0.717) is 11.3 Å². The van der Waals surface area contributed by atoms with Crippen molar-refractivity contribution in [3.05, 3.63) is 46.3 Å². The fourth-order valence-corrected chi connectivity index (χ4v) is 1.26. The van der Waals surface area contributed by atoms with Crippen LogP contribution in [0.4, 0.5) is 13.2 Å². The maximum absolute atomic E-state index is 12.2. The van der Waals surface area contributed by atoms with E-state index in [1.807, 2.05) is 0 Å². The number of nitrogens with one attached hydrogen (secondary N) is 1. The van der Waals surface area contributed by atoms with Crippen LogP contribution in [0.1, 0.15) is 5.56 Å². The van der Waals surface area contributed by atoms with Crippen LogP contribution in [0.3, 0.4) is 0 Å². The number of H-pyrrole nitrogens is 1. The summed E-state index contributed by atoms with van der Waals surface area (Å²) in [5, 5.41) is 2.31. The van der Waals surface area contributed by atoms with Gasteiger partial charge < -0.3 is 4.52 Å². The van der Waals surface area contributed by atoms with Crippen molar-refractivity contribution in [3.63, 3.8) is 0 Å². The Labute approximate surface area is 87.5 Å². The molecule has 16 heavy (non-hydrogen) atoms.